The lowest BCUT2D eigenvalue weighted by Crippen LogP contribution is -2.29. The Morgan fingerprint density at radius 1 is 1.73 bits per heavy atom. The van der Waals surface area contributed by atoms with Crippen LogP contribution in [0, 0.1) is 0 Å². The Kier molecular flexibility index (Phi) is 2.68. The number of rotatable bonds is 2. The molecule has 0 aromatic heterocycles. The summed E-state index contributed by atoms with van der Waals surface area (Å²) in [6.45, 7) is 6.14. The van der Waals surface area contributed by atoms with Gasteiger partial charge in [0.25, 0.3) is 0 Å². The summed E-state index contributed by atoms with van der Waals surface area (Å²) < 4.78 is 1.58. The van der Waals surface area contributed by atoms with Gasteiger partial charge in [-0.05, 0) is 37.1 Å². The molecule has 62 valence electrons. The van der Waals surface area contributed by atoms with E-state index in [1.807, 2.05) is 0 Å². The molecule has 1 unspecified atom stereocenters. The number of ketones is 1. The highest BCUT2D eigenvalue weighted by atomic mass is 35.5. The van der Waals surface area contributed by atoms with Crippen LogP contribution in [0.5, 0.6) is 0 Å². The fraction of sp³-hybridized carbons (Fsp3) is 0.625. The summed E-state index contributed by atoms with van der Waals surface area (Å²) in [5, 5.41) is 0. The number of halogens is 1. The normalized spacial score (nSPS) is 25.5. The Bertz CT molecular complexity index is 191. The molecule has 3 heteroatoms. The highest BCUT2D eigenvalue weighted by Gasteiger charge is 2.29. The fourth-order valence-corrected chi connectivity index (χ4v) is 1.58. The molecule has 2 nitrogen and oxygen atoms in total. The van der Waals surface area contributed by atoms with Gasteiger partial charge in [-0.2, -0.15) is 0 Å². The van der Waals surface area contributed by atoms with Gasteiger partial charge >= 0.3 is 0 Å². The molecule has 0 aromatic rings. The molecule has 0 amide bonds. The minimum atomic E-state index is -0.117. The highest BCUT2D eigenvalue weighted by Crippen LogP contribution is 2.21. The number of Topliss-reactive ketones (excluding diaryl/α,β-unsaturated/α-hetero) is 1. The van der Waals surface area contributed by atoms with Gasteiger partial charge < -0.3 is 0 Å². The van der Waals surface area contributed by atoms with Crippen molar-refractivity contribution in [2.45, 2.75) is 25.8 Å². The van der Waals surface area contributed by atoms with Crippen molar-refractivity contribution in [1.82, 2.24) is 4.42 Å². The molecule has 0 bridgehead atoms. The van der Waals surface area contributed by atoms with Gasteiger partial charge in [0.15, 0.2) is 5.78 Å². The second-order valence-corrected chi connectivity index (χ2v) is 3.36. The zero-order valence-corrected chi connectivity index (χ0v) is 7.40. The van der Waals surface area contributed by atoms with E-state index in [1.54, 1.807) is 11.3 Å². The maximum absolute atomic E-state index is 11.3. The first-order chi connectivity index (χ1) is 5.13. The van der Waals surface area contributed by atoms with Gasteiger partial charge in [0.2, 0.25) is 0 Å². The van der Waals surface area contributed by atoms with E-state index >= 15 is 0 Å². The summed E-state index contributed by atoms with van der Waals surface area (Å²) in [5.74, 6) is 0.0810. The number of hydrogen-bond acceptors (Lipinski definition) is 2. The third-order valence-electron chi connectivity index (χ3n) is 1.91. The Hall–Kier alpha value is -0.340. The van der Waals surface area contributed by atoms with Crippen LogP contribution >= 0.6 is 11.8 Å². The second kappa shape index (κ2) is 3.37. The summed E-state index contributed by atoms with van der Waals surface area (Å²) in [6.07, 6.45) is 1.88. The van der Waals surface area contributed by atoms with Gasteiger partial charge in [-0.1, -0.05) is 6.58 Å². The molecule has 0 spiro atoms. The molecule has 0 N–H and O–H groups in total. The lowest BCUT2D eigenvalue weighted by molar-refractivity contribution is -0.118. The molecule has 1 fully saturated rings. The number of nitrogens with zero attached hydrogens (tertiary/aromatic N) is 1. The first-order valence-electron chi connectivity index (χ1n) is 3.75. The lowest BCUT2D eigenvalue weighted by atomic mass is 10.1. The van der Waals surface area contributed by atoms with Crippen LogP contribution in [-0.2, 0) is 4.79 Å². The van der Waals surface area contributed by atoms with Crippen molar-refractivity contribution in [3.8, 4) is 0 Å². The molecule has 1 saturated heterocycles. The molecular formula is C8H12ClNO. The van der Waals surface area contributed by atoms with Crippen LogP contribution < -0.4 is 0 Å². The topological polar surface area (TPSA) is 20.3 Å². The zero-order valence-electron chi connectivity index (χ0n) is 6.64. The molecule has 1 aliphatic rings. The summed E-state index contributed by atoms with van der Waals surface area (Å²) in [4.78, 5) is 11.3. The minimum Gasteiger partial charge on any atom is -0.293 e. The Balaban J connectivity index is 2.60. The van der Waals surface area contributed by atoms with Crippen LogP contribution in [0.2, 0.25) is 0 Å². The third kappa shape index (κ3) is 1.82. The van der Waals surface area contributed by atoms with Crippen molar-refractivity contribution < 1.29 is 4.79 Å². The predicted octanol–water partition coefficient (Wildman–Crippen LogP) is 1.75. The zero-order chi connectivity index (χ0) is 8.43. The molecule has 0 aliphatic carbocycles. The number of hydrogen-bond donors (Lipinski definition) is 0. The Morgan fingerprint density at radius 2 is 2.36 bits per heavy atom. The average molecular weight is 174 g/mol. The second-order valence-electron chi connectivity index (χ2n) is 2.93. The molecule has 1 heterocycles. The van der Waals surface area contributed by atoms with Gasteiger partial charge in [0.1, 0.15) is 0 Å². The van der Waals surface area contributed by atoms with Crippen molar-refractivity contribution in [3.05, 3.63) is 12.2 Å². The molecule has 1 atom stereocenters. The standard InChI is InChI=1S/C8H12ClNO/c1-6(2)8(11)7-4-3-5-10(7)9/h7H,1,3-5H2,2H3. The lowest BCUT2D eigenvalue weighted by Gasteiger charge is -2.14. The van der Waals surface area contributed by atoms with Crippen LogP contribution in [-0.4, -0.2) is 22.8 Å². The van der Waals surface area contributed by atoms with Crippen molar-refractivity contribution in [2.75, 3.05) is 6.54 Å². The molecule has 1 rings (SSSR count). The summed E-state index contributed by atoms with van der Waals surface area (Å²) in [7, 11) is 0. The van der Waals surface area contributed by atoms with Gasteiger partial charge in [-0.15, -0.1) is 0 Å². The van der Waals surface area contributed by atoms with Gasteiger partial charge in [0, 0.05) is 6.54 Å². The SMILES string of the molecule is C=C(C)C(=O)C1CCCN1Cl. The van der Waals surface area contributed by atoms with Gasteiger partial charge in [-0.3, -0.25) is 4.79 Å². The molecule has 1 aliphatic heterocycles. The van der Waals surface area contributed by atoms with Gasteiger partial charge in [0.05, 0.1) is 6.04 Å². The molecule has 0 radical (unpaired) electrons. The minimum absolute atomic E-state index is 0.0810. The summed E-state index contributed by atoms with van der Waals surface area (Å²) >= 11 is 5.79. The third-order valence-corrected chi connectivity index (χ3v) is 2.32. The predicted molar refractivity (Wildman–Crippen MR) is 45.4 cm³/mol. The van der Waals surface area contributed by atoms with Crippen LogP contribution in [0.15, 0.2) is 12.2 Å². The fourth-order valence-electron chi connectivity index (χ4n) is 1.27. The molecule has 0 saturated carbocycles. The highest BCUT2D eigenvalue weighted by molar-refractivity contribution is 6.16. The van der Waals surface area contributed by atoms with E-state index in [9.17, 15) is 4.79 Å². The quantitative estimate of drug-likeness (QED) is 0.469. The van der Waals surface area contributed by atoms with Crippen LogP contribution in [0.4, 0.5) is 0 Å². The van der Waals surface area contributed by atoms with Crippen molar-refractivity contribution in [1.29, 1.82) is 0 Å². The van der Waals surface area contributed by atoms with E-state index in [0.29, 0.717) is 5.57 Å². The van der Waals surface area contributed by atoms with E-state index < -0.39 is 0 Å². The van der Waals surface area contributed by atoms with E-state index in [4.69, 9.17) is 11.8 Å². The van der Waals surface area contributed by atoms with Crippen LogP contribution in [0.25, 0.3) is 0 Å². The first-order valence-corrected chi connectivity index (χ1v) is 4.09. The Morgan fingerprint density at radius 3 is 2.73 bits per heavy atom. The van der Waals surface area contributed by atoms with E-state index in [2.05, 4.69) is 6.58 Å². The molecule has 11 heavy (non-hydrogen) atoms. The maximum atomic E-state index is 11.3. The van der Waals surface area contributed by atoms with E-state index in [1.165, 1.54) is 0 Å². The Labute approximate surface area is 71.9 Å². The first kappa shape index (κ1) is 8.75. The largest absolute Gasteiger partial charge is 0.293 e. The number of carbonyl (C=O) groups is 1. The van der Waals surface area contributed by atoms with Crippen LogP contribution in [0.3, 0.4) is 0 Å². The summed E-state index contributed by atoms with van der Waals surface area (Å²) in [5.41, 5.74) is 0.600. The van der Waals surface area contributed by atoms with E-state index in [0.717, 1.165) is 19.4 Å². The van der Waals surface area contributed by atoms with Gasteiger partial charge in [-0.25, -0.2) is 4.42 Å². The molecule has 0 aromatic carbocycles. The molecular weight excluding hydrogens is 162 g/mol. The van der Waals surface area contributed by atoms with Crippen molar-refractivity contribution >= 4 is 17.6 Å². The van der Waals surface area contributed by atoms with Crippen molar-refractivity contribution in [3.63, 3.8) is 0 Å². The maximum Gasteiger partial charge on any atom is 0.176 e. The van der Waals surface area contributed by atoms with E-state index in [-0.39, 0.29) is 11.8 Å². The summed E-state index contributed by atoms with van der Waals surface area (Å²) in [6, 6.07) is -0.117. The smallest absolute Gasteiger partial charge is 0.176 e. The van der Waals surface area contributed by atoms with Crippen LogP contribution in [0.1, 0.15) is 19.8 Å². The average Bonchev–Trinajstić information content (AvgIpc) is 2.33. The number of carbonyl (C=O) groups excluding carboxylic acids is 1. The monoisotopic (exact) mass is 173 g/mol. The van der Waals surface area contributed by atoms with Crippen molar-refractivity contribution in [2.24, 2.45) is 0 Å².